The standard InChI is InChI=1S/C29H23N3O6/c1-15-8-10-18-19(12-15)31-29(30-18)32-25(17-9-11-21(36-2)22(14-17)37-3)24(27(34)28(32)35)26(33)23-13-16-6-4-5-7-20(16)38-23/h4-14,25,34H,1-3H3,(H,30,31). The van der Waals surface area contributed by atoms with Crippen LogP contribution in [0.4, 0.5) is 5.95 Å². The highest BCUT2D eigenvalue weighted by Gasteiger charge is 2.47. The number of imidazole rings is 1. The lowest BCUT2D eigenvalue weighted by molar-refractivity contribution is -0.117. The largest absolute Gasteiger partial charge is 0.503 e. The van der Waals surface area contributed by atoms with Gasteiger partial charge in [-0.3, -0.25) is 14.5 Å². The predicted octanol–water partition coefficient (Wildman–Crippen LogP) is 5.42. The van der Waals surface area contributed by atoms with Gasteiger partial charge in [0.1, 0.15) is 5.58 Å². The Morgan fingerprint density at radius 3 is 2.58 bits per heavy atom. The normalized spacial score (nSPS) is 15.6. The number of ketones is 1. The molecule has 6 rings (SSSR count). The molecule has 9 nitrogen and oxygen atoms in total. The minimum atomic E-state index is -1.02. The number of carbonyl (C=O) groups is 2. The van der Waals surface area contributed by atoms with Gasteiger partial charge >= 0.3 is 0 Å². The van der Waals surface area contributed by atoms with Crippen LogP contribution in [-0.2, 0) is 4.79 Å². The van der Waals surface area contributed by atoms with E-state index < -0.39 is 23.5 Å². The number of aliphatic hydroxyl groups excluding tert-OH is 1. The molecule has 5 aromatic rings. The summed E-state index contributed by atoms with van der Waals surface area (Å²) in [7, 11) is 3.01. The monoisotopic (exact) mass is 509 g/mol. The molecule has 3 heterocycles. The van der Waals surface area contributed by atoms with E-state index in [0.29, 0.717) is 28.2 Å². The Bertz CT molecular complexity index is 1750. The lowest BCUT2D eigenvalue weighted by atomic mass is 9.94. The van der Waals surface area contributed by atoms with Crippen LogP contribution in [0.15, 0.2) is 82.5 Å². The molecule has 1 aliphatic heterocycles. The highest BCUT2D eigenvalue weighted by molar-refractivity contribution is 6.20. The zero-order valence-electron chi connectivity index (χ0n) is 20.8. The molecule has 1 amide bonds. The van der Waals surface area contributed by atoms with Gasteiger partial charge in [-0.1, -0.05) is 30.3 Å². The van der Waals surface area contributed by atoms with E-state index in [1.165, 1.54) is 19.1 Å². The van der Waals surface area contributed by atoms with Crippen LogP contribution in [0, 0.1) is 6.92 Å². The van der Waals surface area contributed by atoms with Gasteiger partial charge in [0, 0.05) is 5.39 Å². The summed E-state index contributed by atoms with van der Waals surface area (Å²) in [5, 5.41) is 11.8. The topological polar surface area (TPSA) is 118 Å². The second-order valence-corrected chi connectivity index (χ2v) is 9.01. The number of carbonyl (C=O) groups excluding carboxylic acids is 2. The van der Waals surface area contributed by atoms with Crippen molar-refractivity contribution in [3.05, 3.63) is 94.9 Å². The molecular weight excluding hydrogens is 486 g/mol. The van der Waals surface area contributed by atoms with Crippen molar-refractivity contribution in [2.45, 2.75) is 13.0 Å². The molecule has 2 N–H and O–H groups in total. The zero-order chi connectivity index (χ0) is 26.6. The fourth-order valence-electron chi connectivity index (χ4n) is 4.84. The van der Waals surface area contributed by atoms with Crippen molar-refractivity contribution < 1.29 is 28.6 Å². The fraction of sp³-hybridized carbons (Fsp3) is 0.138. The van der Waals surface area contributed by atoms with E-state index in [2.05, 4.69) is 9.97 Å². The quantitative estimate of drug-likeness (QED) is 0.294. The number of H-pyrrole nitrogens is 1. The van der Waals surface area contributed by atoms with Crippen molar-refractivity contribution in [3.8, 4) is 11.5 Å². The number of furan rings is 1. The van der Waals surface area contributed by atoms with E-state index in [0.717, 1.165) is 16.5 Å². The number of hydrogen-bond donors (Lipinski definition) is 2. The fourth-order valence-corrected chi connectivity index (χ4v) is 4.84. The number of fused-ring (bicyclic) bond motifs is 2. The number of benzene rings is 3. The van der Waals surface area contributed by atoms with E-state index >= 15 is 0 Å². The van der Waals surface area contributed by atoms with E-state index in [1.54, 1.807) is 36.4 Å². The van der Waals surface area contributed by atoms with E-state index in [4.69, 9.17) is 13.9 Å². The van der Waals surface area contributed by atoms with Crippen LogP contribution < -0.4 is 14.4 Å². The number of aryl methyl sites for hydroxylation is 1. The van der Waals surface area contributed by atoms with Crippen LogP contribution in [0.2, 0.25) is 0 Å². The SMILES string of the molecule is COc1ccc(C2C(C(=O)c3cc4ccccc4o3)=C(O)C(=O)N2c2nc3ccc(C)cc3[nH]2)cc1OC. The number of amides is 1. The number of aliphatic hydroxyl groups is 1. The summed E-state index contributed by atoms with van der Waals surface area (Å²) in [5.41, 5.74) is 3.27. The average molecular weight is 510 g/mol. The molecule has 1 atom stereocenters. The van der Waals surface area contributed by atoms with Crippen molar-refractivity contribution >= 4 is 39.6 Å². The van der Waals surface area contributed by atoms with Crippen LogP contribution in [0.1, 0.15) is 27.7 Å². The summed E-state index contributed by atoms with van der Waals surface area (Å²) in [4.78, 5) is 36.4. The number of Topliss-reactive ketones (excluding diaryl/α,β-unsaturated/α-hetero) is 1. The summed E-state index contributed by atoms with van der Waals surface area (Å²) in [5.74, 6) is -0.972. The zero-order valence-corrected chi connectivity index (χ0v) is 20.8. The van der Waals surface area contributed by atoms with Crippen LogP contribution in [-0.4, -0.2) is 41.0 Å². The Morgan fingerprint density at radius 1 is 1.03 bits per heavy atom. The van der Waals surface area contributed by atoms with Gasteiger partial charge in [-0.15, -0.1) is 0 Å². The molecule has 0 radical (unpaired) electrons. The molecule has 0 aliphatic carbocycles. The van der Waals surface area contributed by atoms with Crippen molar-refractivity contribution in [3.63, 3.8) is 0 Å². The Hall–Kier alpha value is -5.05. The molecule has 0 spiro atoms. The van der Waals surface area contributed by atoms with Crippen molar-refractivity contribution in [1.82, 2.24) is 9.97 Å². The smallest absolute Gasteiger partial charge is 0.296 e. The van der Waals surface area contributed by atoms with Gasteiger partial charge in [-0.2, -0.15) is 0 Å². The number of nitrogens with one attached hydrogen (secondary N) is 1. The maximum absolute atomic E-state index is 13.9. The number of aromatic nitrogens is 2. The number of ether oxygens (including phenoxy) is 2. The molecular formula is C29H23N3O6. The van der Waals surface area contributed by atoms with Crippen LogP contribution >= 0.6 is 0 Å². The summed E-state index contributed by atoms with van der Waals surface area (Å²) < 4.78 is 16.6. The minimum Gasteiger partial charge on any atom is -0.503 e. The summed E-state index contributed by atoms with van der Waals surface area (Å²) in [6.07, 6.45) is 0. The first-order chi connectivity index (χ1) is 18.4. The van der Waals surface area contributed by atoms with Crippen LogP contribution in [0.5, 0.6) is 11.5 Å². The van der Waals surface area contributed by atoms with Gasteiger partial charge in [-0.05, 0) is 54.4 Å². The van der Waals surface area contributed by atoms with Gasteiger partial charge in [0.05, 0.1) is 36.9 Å². The molecule has 0 bridgehead atoms. The number of para-hydroxylation sites is 1. The molecule has 0 saturated heterocycles. The van der Waals surface area contributed by atoms with Crippen molar-refractivity contribution in [2.75, 3.05) is 19.1 Å². The summed E-state index contributed by atoms with van der Waals surface area (Å²) in [6, 6.07) is 18.5. The lowest BCUT2D eigenvalue weighted by Crippen LogP contribution is -2.32. The number of anilines is 1. The predicted molar refractivity (Wildman–Crippen MR) is 141 cm³/mol. The van der Waals surface area contributed by atoms with E-state index in [9.17, 15) is 14.7 Å². The minimum absolute atomic E-state index is 0.00751. The molecule has 2 aromatic heterocycles. The van der Waals surface area contributed by atoms with Crippen LogP contribution in [0.25, 0.3) is 22.0 Å². The lowest BCUT2D eigenvalue weighted by Gasteiger charge is -2.25. The second-order valence-electron chi connectivity index (χ2n) is 9.01. The number of methoxy groups -OCH3 is 2. The summed E-state index contributed by atoms with van der Waals surface area (Å²) in [6.45, 7) is 1.95. The third-order valence-corrected chi connectivity index (χ3v) is 6.68. The Morgan fingerprint density at radius 2 is 1.82 bits per heavy atom. The maximum atomic E-state index is 13.9. The highest BCUT2D eigenvalue weighted by Crippen LogP contribution is 2.44. The van der Waals surface area contributed by atoms with Gasteiger partial charge in [0.2, 0.25) is 11.7 Å². The number of hydrogen-bond acceptors (Lipinski definition) is 7. The number of rotatable bonds is 6. The van der Waals surface area contributed by atoms with Gasteiger partial charge in [0.15, 0.2) is 23.0 Å². The highest BCUT2D eigenvalue weighted by atomic mass is 16.5. The maximum Gasteiger partial charge on any atom is 0.296 e. The van der Waals surface area contributed by atoms with Gasteiger partial charge in [-0.25, -0.2) is 4.98 Å². The molecule has 3 aromatic carbocycles. The molecule has 0 saturated carbocycles. The molecule has 1 unspecified atom stereocenters. The average Bonchev–Trinajstić information content (AvgIpc) is 3.61. The van der Waals surface area contributed by atoms with E-state index in [1.807, 2.05) is 37.3 Å². The third-order valence-electron chi connectivity index (χ3n) is 6.68. The molecule has 0 fully saturated rings. The first-order valence-electron chi connectivity index (χ1n) is 11.9. The van der Waals surface area contributed by atoms with E-state index in [-0.39, 0.29) is 17.3 Å². The molecule has 9 heteroatoms. The Labute approximate surface area is 216 Å². The van der Waals surface area contributed by atoms with Gasteiger partial charge in [0.25, 0.3) is 5.91 Å². The van der Waals surface area contributed by atoms with Gasteiger partial charge < -0.3 is 24.0 Å². The molecule has 38 heavy (non-hydrogen) atoms. The second kappa shape index (κ2) is 8.81. The number of aromatic amines is 1. The third kappa shape index (κ3) is 3.59. The summed E-state index contributed by atoms with van der Waals surface area (Å²) >= 11 is 0. The van der Waals surface area contributed by atoms with Crippen molar-refractivity contribution in [1.29, 1.82) is 0 Å². The Balaban J connectivity index is 1.53. The molecule has 190 valence electrons. The van der Waals surface area contributed by atoms with Crippen molar-refractivity contribution in [2.24, 2.45) is 0 Å². The first-order valence-corrected chi connectivity index (χ1v) is 11.9. The number of nitrogens with zero attached hydrogens (tertiary/aromatic N) is 2. The van der Waals surface area contributed by atoms with Crippen LogP contribution in [0.3, 0.4) is 0 Å². The molecule has 1 aliphatic rings. The first kappa shape index (κ1) is 23.4. The Kier molecular flexibility index (Phi) is 5.41.